The first-order chi connectivity index (χ1) is 9.10. The Morgan fingerprint density at radius 2 is 1.80 bits per heavy atom. The standard InChI is InChI=1S/C14H22N4O2/c1-13(2)7-18(8-14(3,4)20-13)12-9(15)5-6-10(17-12)11(16)19/h5-6H,7-8,15H2,1-4H3,(H2,16,19). The zero-order valence-corrected chi connectivity index (χ0v) is 12.4. The van der Waals surface area contributed by atoms with Crippen molar-refractivity contribution in [3.63, 3.8) is 0 Å². The molecular formula is C14H22N4O2. The van der Waals surface area contributed by atoms with Gasteiger partial charge in [0.05, 0.1) is 16.9 Å². The van der Waals surface area contributed by atoms with Crippen molar-refractivity contribution >= 4 is 17.4 Å². The first kappa shape index (κ1) is 14.6. The molecule has 4 N–H and O–H groups in total. The molecule has 20 heavy (non-hydrogen) atoms. The zero-order valence-electron chi connectivity index (χ0n) is 12.4. The Kier molecular flexibility index (Phi) is 3.37. The maximum atomic E-state index is 11.3. The molecule has 0 bridgehead atoms. The van der Waals surface area contributed by atoms with Crippen molar-refractivity contribution in [2.24, 2.45) is 5.73 Å². The molecule has 0 aliphatic carbocycles. The quantitative estimate of drug-likeness (QED) is 0.846. The number of rotatable bonds is 2. The second-order valence-corrected chi connectivity index (χ2v) is 6.45. The van der Waals surface area contributed by atoms with Gasteiger partial charge in [-0.05, 0) is 39.8 Å². The third-order valence-corrected chi connectivity index (χ3v) is 3.15. The number of anilines is 2. The van der Waals surface area contributed by atoms with Crippen molar-refractivity contribution in [1.29, 1.82) is 0 Å². The summed E-state index contributed by atoms with van der Waals surface area (Å²) in [6, 6.07) is 3.20. The van der Waals surface area contributed by atoms with Crippen molar-refractivity contribution in [2.45, 2.75) is 38.9 Å². The Bertz CT molecular complexity index is 524. The third kappa shape index (κ3) is 3.01. The number of ether oxygens (including phenoxy) is 1. The Morgan fingerprint density at radius 1 is 1.25 bits per heavy atom. The average molecular weight is 278 g/mol. The van der Waals surface area contributed by atoms with Crippen LogP contribution < -0.4 is 16.4 Å². The molecule has 0 radical (unpaired) electrons. The van der Waals surface area contributed by atoms with Gasteiger partial charge in [-0.2, -0.15) is 0 Å². The minimum Gasteiger partial charge on any atom is -0.396 e. The fourth-order valence-corrected chi connectivity index (χ4v) is 2.79. The monoisotopic (exact) mass is 278 g/mol. The van der Waals surface area contributed by atoms with Crippen LogP contribution in [0, 0.1) is 0 Å². The van der Waals surface area contributed by atoms with Crippen LogP contribution in [0.3, 0.4) is 0 Å². The predicted octanol–water partition coefficient (Wildman–Crippen LogP) is 1.16. The van der Waals surface area contributed by atoms with Gasteiger partial charge in [-0.3, -0.25) is 4.79 Å². The number of nitrogens with two attached hydrogens (primary N) is 2. The van der Waals surface area contributed by atoms with Crippen LogP contribution in [-0.4, -0.2) is 35.2 Å². The van der Waals surface area contributed by atoms with E-state index in [0.717, 1.165) is 0 Å². The maximum Gasteiger partial charge on any atom is 0.267 e. The molecule has 0 aromatic carbocycles. The van der Waals surface area contributed by atoms with Crippen LogP contribution in [0.25, 0.3) is 0 Å². The van der Waals surface area contributed by atoms with E-state index in [2.05, 4.69) is 4.98 Å². The second kappa shape index (κ2) is 4.63. The maximum absolute atomic E-state index is 11.3. The lowest BCUT2D eigenvalue weighted by Crippen LogP contribution is -2.57. The molecule has 2 heterocycles. The summed E-state index contributed by atoms with van der Waals surface area (Å²) in [6.07, 6.45) is 0. The van der Waals surface area contributed by atoms with Gasteiger partial charge in [0.1, 0.15) is 5.69 Å². The highest BCUT2D eigenvalue weighted by molar-refractivity contribution is 5.91. The highest BCUT2D eigenvalue weighted by atomic mass is 16.5. The number of hydrogen-bond donors (Lipinski definition) is 2. The first-order valence-corrected chi connectivity index (χ1v) is 6.61. The van der Waals surface area contributed by atoms with Crippen LogP contribution in [0.5, 0.6) is 0 Å². The smallest absolute Gasteiger partial charge is 0.267 e. The minimum atomic E-state index is -0.557. The van der Waals surface area contributed by atoms with Gasteiger partial charge in [0.15, 0.2) is 5.82 Å². The van der Waals surface area contributed by atoms with Gasteiger partial charge in [0.2, 0.25) is 0 Å². The number of carbonyl (C=O) groups excluding carboxylic acids is 1. The number of amides is 1. The molecule has 1 fully saturated rings. The Balaban J connectivity index is 2.40. The fourth-order valence-electron chi connectivity index (χ4n) is 2.79. The molecule has 0 atom stereocenters. The van der Waals surface area contributed by atoms with Gasteiger partial charge in [-0.15, -0.1) is 0 Å². The van der Waals surface area contributed by atoms with E-state index >= 15 is 0 Å². The van der Waals surface area contributed by atoms with Crippen LogP contribution in [0.15, 0.2) is 12.1 Å². The van der Waals surface area contributed by atoms with E-state index in [-0.39, 0.29) is 16.9 Å². The molecule has 0 saturated carbocycles. The number of nitrogen functional groups attached to an aromatic ring is 1. The zero-order chi connectivity index (χ0) is 15.1. The summed E-state index contributed by atoms with van der Waals surface area (Å²) in [5.41, 5.74) is 11.4. The molecule has 6 heteroatoms. The van der Waals surface area contributed by atoms with Gasteiger partial charge >= 0.3 is 0 Å². The number of aromatic nitrogens is 1. The highest BCUT2D eigenvalue weighted by Crippen LogP contribution is 2.32. The number of carbonyl (C=O) groups is 1. The van der Waals surface area contributed by atoms with Crippen LogP contribution in [-0.2, 0) is 4.74 Å². The van der Waals surface area contributed by atoms with E-state index in [1.165, 1.54) is 6.07 Å². The van der Waals surface area contributed by atoms with E-state index in [9.17, 15) is 4.79 Å². The molecule has 0 spiro atoms. The number of morpholine rings is 1. The van der Waals surface area contributed by atoms with Crippen LogP contribution >= 0.6 is 0 Å². The number of nitrogens with zero attached hydrogens (tertiary/aromatic N) is 2. The van der Waals surface area contributed by atoms with E-state index in [1.54, 1.807) is 6.07 Å². The van der Waals surface area contributed by atoms with Crippen molar-refractivity contribution < 1.29 is 9.53 Å². The van der Waals surface area contributed by atoms with Gasteiger partial charge in [0, 0.05) is 13.1 Å². The fraction of sp³-hybridized carbons (Fsp3) is 0.571. The minimum absolute atomic E-state index is 0.219. The SMILES string of the molecule is CC1(C)CN(c2nc(C(N)=O)ccc2N)CC(C)(C)O1. The predicted molar refractivity (Wildman–Crippen MR) is 78.6 cm³/mol. The number of hydrogen-bond acceptors (Lipinski definition) is 5. The molecule has 0 unspecified atom stereocenters. The summed E-state index contributed by atoms with van der Waals surface area (Å²) in [5, 5.41) is 0. The normalized spacial score (nSPS) is 20.7. The van der Waals surface area contributed by atoms with Crippen LogP contribution in [0.2, 0.25) is 0 Å². The second-order valence-electron chi connectivity index (χ2n) is 6.45. The summed E-state index contributed by atoms with van der Waals surface area (Å²) in [7, 11) is 0. The van der Waals surface area contributed by atoms with Gasteiger partial charge in [0.25, 0.3) is 5.91 Å². The first-order valence-electron chi connectivity index (χ1n) is 6.61. The van der Waals surface area contributed by atoms with E-state index in [4.69, 9.17) is 16.2 Å². The molecule has 1 aliphatic rings. The molecule has 1 amide bonds. The highest BCUT2D eigenvalue weighted by Gasteiger charge is 2.39. The molecule has 6 nitrogen and oxygen atoms in total. The molecule has 1 aliphatic heterocycles. The average Bonchev–Trinajstić information content (AvgIpc) is 2.24. The lowest BCUT2D eigenvalue weighted by atomic mass is 9.99. The Morgan fingerprint density at radius 3 is 2.30 bits per heavy atom. The number of pyridine rings is 1. The molecule has 1 aromatic rings. The van der Waals surface area contributed by atoms with Crippen molar-refractivity contribution in [3.8, 4) is 0 Å². The summed E-state index contributed by atoms with van der Waals surface area (Å²) >= 11 is 0. The largest absolute Gasteiger partial charge is 0.396 e. The van der Waals surface area contributed by atoms with Crippen molar-refractivity contribution in [2.75, 3.05) is 23.7 Å². The Hall–Kier alpha value is -1.82. The summed E-state index contributed by atoms with van der Waals surface area (Å²) in [6.45, 7) is 9.39. The Labute approximate surface area is 119 Å². The summed E-state index contributed by atoms with van der Waals surface area (Å²) in [4.78, 5) is 17.6. The topological polar surface area (TPSA) is 94.5 Å². The molecular weight excluding hydrogens is 256 g/mol. The summed E-state index contributed by atoms with van der Waals surface area (Å²) < 4.78 is 6.03. The summed E-state index contributed by atoms with van der Waals surface area (Å²) in [5.74, 6) is 0.0313. The van der Waals surface area contributed by atoms with E-state index in [0.29, 0.717) is 24.6 Å². The van der Waals surface area contributed by atoms with Gasteiger partial charge in [-0.1, -0.05) is 0 Å². The third-order valence-electron chi connectivity index (χ3n) is 3.15. The lowest BCUT2D eigenvalue weighted by molar-refractivity contribution is -0.133. The molecule has 2 rings (SSSR count). The van der Waals surface area contributed by atoms with Crippen molar-refractivity contribution in [3.05, 3.63) is 17.8 Å². The molecule has 1 saturated heterocycles. The van der Waals surface area contributed by atoms with E-state index in [1.807, 2.05) is 32.6 Å². The van der Waals surface area contributed by atoms with Crippen LogP contribution in [0.1, 0.15) is 38.2 Å². The van der Waals surface area contributed by atoms with Crippen LogP contribution in [0.4, 0.5) is 11.5 Å². The van der Waals surface area contributed by atoms with Crippen molar-refractivity contribution in [1.82, 2.24) is 4.98 Å². The molecule has 1 aromatic heterocycles. The number of primary amides is 1. The van der Waals surface area contributed by atoms with E-state index < -0.39 is 5.91 Å². The van der Waals surface area contributed by atoms with Gasteiger partial charge in [-0.25, -0.2) is 4.98 Å². The lowest BCUT2D eigenvalue weighted by Gasteiger charge is -2.47. The molecule has 110 valence electrons. The van der Waals surface area contributed by atoms with Gasteiger partial charge < -0.3 is 21.1 Å².